The van der Waals surface area contributed by atoms with Crippen molar-refractivity contribution in [2.45, 2.75) is 18.8 Å². The fraction of sp³-hybridized carbons (Fsp3) is 0.625. The Labute approximate surface area is 91.1 Å². The normalized spacial score (nSPS) is 22.4. The van der Waals surface area contributed by atoms with Gasteiger partial charge in [-0.1, -0.05) is 0 Å². The van der Waals surface area contributed by atoms with Crippen molar-refractivity contribution < 1.29 is 8.42 Å². The van der Waals surface area contributed by atoms with Gasteiger partial charge >= 0.3 is 0 Å². The van der Waals surface area contributed by atoms with E-state index in [0.717, 1.165) is 10.3 Å². The molecule has 14 heavy (non-hydrogen) atoms. The zero-order valence-corrected chi connectivity index (χ0v) is 9.94. The van der Waals surface area contributed by atoms with E-state index < -0.39 is 9.84 Å². The van der Waals surface area contributed by atoms with E-state index >= 15 is 0 Å². The number of hydrogen-bond donors (Lipinski definition) is 1. The molecule has 2 heterocycles. The van der Waals surface area contributed by atoms with Crippen LogP contribution < -0.4 is 0 Å². The Kier molecular flexibility index (Phi) is 2.66. The van der Waals surface area contributed by atoms with Gasteiger partial charge < -0.3 is 0 Å². The first-order chi connectivity index (χ1) is 6.57. The van der Waals surface area contributed by atoms with Gasteiger partial charge in [0.15, 0.2) is 0 Å². The number of hydrogen-bond acceptors (Lipinski definition) is 3. The van der Waals surface area contributed by atoms with E-state index in [4.69, 9.17) is 0 Å². The van der Waals surface area contributed by atoms with Crippen LogP contribution in [0.4, 0.5) is 0 Å². The highest BCUT2D eigenvalue weighted by Gasteiger charge is 2.25. The monoisotopic (exact) mass is 278 g/mol. The number of aromatic amines is 1. The highest BCUT2D eigenvalue weighted by atomic mass is 79.9. The van der Waals surface area contributed by atoms with Gasteiger partial charge in [-0.05, 0) is 34.8 Å². The number of nitrogens with one attached hydrogen (secondary N) is 1. The van der Waals surface area contributed by atoms with E-state index in [1.165, 1.54) is 0 Å². The average molecular weight is 279 g/mol. The maximum atomic E-state index is 11.2. The maximum Gasteiger partial charge on any atom is 0.150 e. The molecule has 1 aromatic heterocycles. The molecule has 1 saturated heterocycles. The molecule has 1 aliphatic rings. The molecule has 0 saturated carbocycles. The third-order valence-corrected chi connectivity index (χ3v) is 4.68. The molecule has 0 aliphatic carbocycles. The third-order valence-electron chi connectivity index (χ3n) is 2.56. The second-order valence-corrected chi connectivity index (χ2v) is 6.69. The predicted octanol–water partition coefficient (Wildman–Crippen LogP) is 1.46. The molecular formula is C8H11BrN2O2S. The molecule has 0 unspecified atom stereocenters. The van der Waals surface area contributed by atoms with Gasteiger partial charge in [-0.25, -0.2) is 8.42 Å². The molecule has 0 spiro atoms. The smallest absolute Gasteiger partial charge is 0.150 e. The zero-order valence-electron chi connectivity index (χ0n) is 7.53. The number of nitrogens with zero attached hydrogens (tertiary/aromatic N) is 1. The van der Waals surface area contributed by atoms with Crippen LogP contribution in [0.2, 0.25) is 0 Å². The van der Waals surface area contributed by atoms with Crippen LogP contribution in [0, 0.1) is 0 Å². The highest BCUT2D eigenvalue weighted by Crippen LogP contribution is 2.28. The zero-order chi connectivity index (χ0) is 10.2. The summed E-state index contributed by atoms with van der Waals surface area (Å²) in [5.41, 5.74) is 1.03. The van der Waals surface area contributed by atoms with E-state index in [0.29, 0.717) is 30.3 Å². The predicted molar refractivity (Wildman–Crippen MR) is 56.9 cm³/mol. The van der Waals surface area contributed by atoms with Crippen molar-refractivity contribution in [3.63, 3.8) is 0 Å². The van der Waals surface area contributed by atoms with Crippen LogP contribution in [0.5, 0.6) is 0 Å². The summed E-state index contributed by atoms with van der Waals surface area (Å²) in [6, 6.07) is 1.92. The van der Waals surface area contributed by atoms with Crippen LogP contribution >= 0.6 is 15.9 Å². The molecule has 0 bridgehead atoms. The van der Waals surface area contributed by atoms with Gasteiger partial charge in [0, 0.05) is 11.6 Å². The molecule has 78 valence electrons. The highest BCUT2D eigenvalue weighted by molar-refractivity contribution is 9.10. The molecule has 1 aliphatic heterocycles. The Morgan fingerprint density at radius 2 is 2.07 bits per heavy atom. The Balaban J connectivity index is 2.09. The summed E-state index contributed by atoms with van der Waals surface area (Å²) in [6.45, 7) is 0. The third kappa shape index (κ3) is 2.17. The second kappa shape index (κ2) is 3.66. The van der Waals surface area contributed by atoms with Crippen molar-refractivity contribution in [2.24, 2.45) is 0 Å². The molecule has 0 radical (unpaired) electrons. The summed E-state index contributed by atoms with van der Waals surface area (Å²) < 4.78 is 23.2. The topological polar surface area (TPSA) is 62.8 Å². The maximum absolute atomic E-state index is 11.2. The number of halogens is 1. The largest absolute Gasteiger partial charge is 0.281 e. The summed E-state index contributed by atoms with van der Waals surface area (Å²) in [6.07, 6.45) is 1.41. The summed E-state index contributed by atoms with van der Waals surface area (Å²) in [4.78, 5) is 0. The van der Waals surface area contributed by atoms with Gasteiger partial charge in [-0.2, -0.15) is 5.10 Å². The first kappa shape index (κ1) is 10.2. The standard InChI is InChI=1S/C8H11BrN2O2S/c9-8-5-7(10-11-8)6-1-3-14(12,13)4-2-6/h5-6H,1-4H2,(H,10,11). The fourth-order valence-electron chi connectivity index (χ4n) is 1.72. The summed E-state index contributed by atoms with van der Waals surface area (Å²) >= 11 is 3.26. The molecule has 1 aromatic rings. The second-order valence-electron chi connectivity index (χ2n) is 3.57. The van der Waals surface area contributed by atoms with Crippen molar-refractivity contribution in [3.8, 4) is 0 Å². The fourth-order valence-corrected chi connectivity index (χ4v) is 3.55. The molecular weight excluding hydrogens is 268 g/mol. The molecule has 0 atom stereocenters. The average Bonchev–Trinajstić information content (AvgIpc) is 2.52. The molecule has 4 nitrogen and oxygen atoms in total. The van der Waals surface area contributed by atoms with Crippen LogP contribution in [0.25, 0.3) is 0 Å². The van der Waals surface area contributed by atoms with Gasteiger partial charge in [-0.15, -0.1) is 0 Å². The van der Waals surface area contributed by atoms with E-state index in [1.54, 1.807) is 0 Å². The Morgan fingerprint density at radius 1 is 1.43 bits per heavy atom. The minimum Gasteiger partial charge on any atom is -0.281 e. The van der Waals surface area contributed by atoms with E-state index in [-0.39, 0.29) is 0 Å². The molecule has 1 fully saturated rings. The van der Waals surface area contributed by atoms with Crippen LogP contribution in [-0.2, 0) is 9.84 Å². The Hall–Kier alpha value is -0.360. The Bertz CT molecular complexity index is 412. The lowest BCUT2D eigenvalue weighted by Gasteiger charge is -2.20. The van der Waals surface area contributed by atoms with Crippen LogP contribution in [0.3, 0.4) is 0 Å². The van der Waals surface area contributed by atoms with Crippen molar-refractivity contribution in [2.75, 3.05) is 11.5 Å². The van der Waals surface area contributed by atoms with Crippen molar-refractivity contribution >= 4 is 25.8 Å². The first-order valence-corrected chi connectivity index (χ1v) is 7.09. The van der Waals surface area contributed by atoms with Crippen molar-refractivity contribution in [3.05, 3.63) is 16.4 Å². The minimum absolute atomic E-state index is 0.300. The lowest BCUT2D eigenvalue weighted by molar-refractivity contribution is 0.544. The summed E-state index contributed by atoms with van der Waals surface area (Å²) in [7, 11) is -2.76. The SMILES string of the molecule is O=S1(=O)CCC(c2cc(Br)n[nH]2)CC1. The van der Waals surface area contributed by atoms with E-state index in [1.807, 2.05) is 6.07 Å². The number of rotatable bonds is 1. The lowest BCUT2D eigenvalue weighted by atomic mass is 9.99. The summed E-state index contributed by atoms with van der Waals surface area (Å²) in [5, 5.41) is 6.88. The van der Waals surface area contributed by atoms with Crippen LogP contribution in [0.1, 0.15) is 24.5 Å². The molecule has 0 aromatic carbocycles. The quantitative estimate of drug-likeness (QED) is 0.846. The van der Waals surface area contributed by atoms with E-state index in [9.17, 15) is 8.42 Å². The molecule has 6 heteroatoms. The van der Waals surface area contributed by atoms with Gasteiger partial charge in [0.25, 0.3) is 0 Å². The lowest BCUT2D eigenvalue weighted by Crippen LogP contribution is -2.22. The Morgan fingerprint density at radius 3 is 2.57 bits per heavy atom. The van der Waals surface area contributed by atoms with E-state index in [2.05, 4.69) is 26.1 Å². The number of aromatic nitrogens is 2. The number of sulfone groups is 1. The number of H-pyrrole nitrogens is 1. The van der Waals surface area contributed by atoms with Crippen LogP contribution in [0.15, 0.2) is 10.7 Å². The summed E-state index contributed by atoms with van der Waals surface area (Å²) in [5.74, 6) is 0.917. The van der Waals surface area contributed by atoms with Gasteiger partial charge in [0.1, 0.15) is 14.4 Å². The molecule has 1 N–H and O–H groups in total. The minimum atomic E-state index is -2.76. The van der Waals surface area contributed by atoms with Gasteiger partial charge in [0.2, 0.25) is 0 Å². The molecule has 2 rings (SSSR count). The van der Waals surface area contributed by atoms with Crippen molar-refractivity contribution in [1.82, 2.24) is 10.2 Å². The first-order valence-electron chi connectivity index (χ1n) is 4.48. The van der Waals surface area contributed by atoms with Crippen molar-refractivity contribution in [1.29, 1.82) is 0 Å². The van der Waals surface area contributed by atoms with Crippen LogP contribution in [-0.4, -0.2) is 30.1 Å². The van der Waals surface area contributed by atoms with Gasteiger partial charge in [-0.3, -0.25) is 5.10 Å². The van der Waals surface area contributed by atoms with Gasteiger partial charge in [0.05, 0.1) is 11.5 Å². The molecule has 0 amide bonds.